The fraction of sp³-hybridized carbons (Fsp3) is 0.222. The molecule has 0 aliphatic heterocycles. The molecule has 0 saturated heterocycles. The summed E-state index contributed by atoms with van der Waals surface area (Å²) in [5.41, 5.74) is 3.39. The van der Waals surface area contributed by atoms with Crippen LogP contribution in [0.2, 0.25) is 0 Å². The summed E-state index contributed by atoms with van der Waals surface area (Å²) in [4.78, 5) is 23.4. The molecule has 1 heterocycles. The van der Waals surface area contributed by atoms with Crippen LogP contribution in [-0.2, 0) is 24.7 Å². The molecule has 0 fully saturated rings. The van der Waals surface area contributed by atoms with Crippen LogP contribution >= 0.6 is 0 Å². The van der Waals surface area contributed by atoms with Crippen molar-refractivity contribution in [3.63, 3.8) is 0 Å². The number of carbonyl (C=O) groups excluding carboxylic acids is 1. The number of amides is 1. The monoisotopic (exact) mass is 310 g/mol. The second kappa shape index (κ2) is 6.52. The largest absolute Gasteiger partial charge is 0.419 e. The van der Waals surface area contributed by atoms with Gasteiger partial charge in [-0.1, -0.05) is 36.4 Å². The highest BCUT2D eigenvalue weighted by Gasteiger charge is 2.07. The first kappa shape index (κ1) is 15.1. The third-order valence-corrected chi connectivity index (χ3v) is 3.80. The van der Waals surface area contributed by atoms with Gasteiger partial charge in [0.05, 0.1) is 11.9 Å². The number of aryl methyl sites for hydroxylation is 1. The van der Waals surface area contributed by atoms with Crippen molar-refractivity contribution in [2.24, 2.45) is 7.05 Å². The minimum atomic E-state index is -0.367. The van der Waals surface area contributed by atoms with Crippen LogP contribution in [0.25, 0.3) is 11.1 Å². The molecule has 118 valence electrons. The smallest absolute Gasteiger partial charge is 0.408 e. The van der Waals surface area contributed by atoms with E-state index in [1.54, 1.807) is 13.1 Å². The van der Waals surface area contributed by atoms with Gasteiger partial charge in [-0.25, -0.2) is 4.79 Å². The van der Waals surface area contributed by atoms with E-state index in [1.807, 2.05) is 42.5 Å². The Balaban J connectivity index is 1.57. The van der Waals surface area contributed by atoms with Gasteiger partial charge in [0.25, 0.3) is 0 Å². The maximum Gasteiger partial charge on any atom is 0.419 e. The van der Waals surface area contributed by atoms with E-state index in [9.17, 15) is 9.59 Å². The first-order valence-corrected chi connectivity index (χ1v) is 7.52. The Morgan fingerprint density at radius 2 is 1.91 bits per heavy atom. The van der Waals surface area contributed by atoms with Crippen LogP contribution in [-0.4, -0.2) is 17.0 Å². The summed E-state index contributed by atoms with van der Waals surface area (Å²) in [6, 6.07) is 15.3. The highest BCUT2D eigenvalue weighted by atomic mass is 16.4. The molecule has 1 aromatic heterocycles. The lowest BCUT2D eigenvalue weighted by Crippen LogP contribution is -2.27. The van der Waals surface area contributed by atoms with E-state index < -0.39 is 0 Å². The summed E-state index contributed by atoms with van der Waals surface area (Å²) < 4.78 is 6.58. The van der Waals surface area contributed by atoms with Crippen LogP contribution in [0.15, 0.2) is 57.7 Å². The molecular weight excluding hydrogens is 292 g/mol. The van der Waals surface area contributed by atoms with E-state index in [0.717, 1.165) is 16.6 Å². The molecule has 0 radical (unpaired) electrons. The molecule has 0 saturated carbocycles. The van der Waals surface area contributed by atoms with Crippen molar-refractivity contribution in [3.8, 4) is 0 Å². The fourth-order valence-corrected chi connectivity index (χ4v) is 2.52. The van der Waals surface area contributed by atoms with Crippen LogP contribution < -0.4 is 11.1 Å². The number of hydrogen-bond donors (Lipinski definition) is 1. The number of aromatic nitrogens is 1. The number of benzene rings is 2. The number of nitrogens with one attached hydrogen (secondary N) is 1. The molecule has 1 amide bonds. The van der Waals surface area contributed by atoms with Gasteiger partial charge in [-0.2, -0.15) is 0 Å². The average Bonchev–Trinajstić information content (AvgIpc) is 2.83. The summed E-state index contributed by atoms with van der Waals surface area (Å²) in [6.07, 6.45) is 1.09. The number of oxazole rings is 1. The second-order valence-corrected chi connectivity index (χ2v) is 5.49. The quantitative estimate of drug-likeness (QED) is 0.784. The van der Waals surface area contributed by atoms with Gasteiger partial charge in [-0.05, 0) is 29.7 Å². The predicted octanol–water partition coefficient (Wildman–Crippen LogP) is 2.03. The normalized spacial score (nSPS) is 10.8. The van der Waals surface area contributed by atoms with Crippen LogP contribution in [0.4, 0.5) is 0 Å². The maximum absolute atomic E-state index is 11.9. The van der Waals surface area contributed by atoms with E-state index in [2.05, 4.69) is 5.32 Å². The van der Waals surface area contributed by atoms with Gasteiger partial charge < -0.3 is 9.73 Å². The van der Waals surface area contributed by atoms with Gasteiger partial charge in [0.1, 0.15) is 0 Å². The molecule has 0 aliphatic carbocycles. The van der Waals surface area contributed by atoms with Gasteiger partial charge in [0.15, 0.2) is 5.58 Å². The molecule has 0 aliphatic rings. The molecule has 3 aromatic rings. The van der Waals surface area contributed by atoms with Crippen molar-refractivity contribution in [2.45, 2.75) is 12.8 Å². The summed E-state index contributed by atoms with van der Waals surface area (Å²) in [6.45, 7) is 0.559. The van der Waals surface area contributed by atoms with Gasteiger partial charge >= 0.3 is 5.76 Å². The number of carbonyl (C=O) groups is 1. The van der Waals surface area contributed by atoms with Crippen molar-refractivity contribution in [1.82, 2.24) is 9.88 Å². The van der Waals surface area contributed by atoms with E-state index in [0.29, 0.717) is 25.0 Å². The van der Waals surface area contributed by atoms with E-state index in [4.69, 9.17) is 4.42 Å². The molecule has 3 rings (SSSR count). The molecule has 23 heavy (non-hydrogen) atoms. The van der Waals surface area contributed by atoms with Crippen LogP contribution in [0.5, 0.6) is 0 Å². The van der Waals surface area contributed by atoms with Crippen molar-refractivity contribution < 1.29 is 9.21 Å². The standard InChI is InChI=1S/C18H18N2O3/c1-20-15-11-14(7-8-16(15)23-18(20)22)9-10-19-17(21)12-13-5-3-2-4-6-13/h2-8,11H,9-10,12H2,1H3,(H,19,21). The van der Waals surface area contributed by atoms with Gasteiger partial charge in [0.2, 0.25) is 5.91 Å². The molecule has 2 aromatic carbocycles. The van der Waals surface area contributed by atoms with Gasteiger partial charge in [-0.3, -0.25) is 9.36 Å². The Morgan fingerprint density at radius 1 is 1.13 bits per heavy atom. The van der Waals surface area contributed by atoms with E-state index in [-0.39, 0.29) is 11.7 Å². The molecule has 5 nitrogen and oxygen atoms in total. The number of fused-ring (bicyclic) bond motifs is 1. The highest BCUT2D eigenvalue weighted by Crippen LogP contribution is 2.14. The minimum Gasteiger partial charge on any atom is -0.408 e. The highest BCUT2D eigenvalue weighted by molar-refractivity contribution is 5.78. The van der Waals surface area contributed by atoms with Gasteiger partial charge in [-0.15, -0.1) is 0 Å². The summed E-state index contributed by atoms with van der Waals surface area (Å²) in [7, 11) is 1.68. The Labute approximate surface area is 133 Å². The Hall–Kier alpha value is -2.82. The predicted molar refractivity (Wildman–Crippen MR) is 88.3 cm³/mol. The number of nitrogens with zero attached hydrogens (tertiary/aromatic N) is 1. The lowest BCUT2D eigenvalue weighted by atomic mass is 10.1. The maximum atomic E-state index is 11.9. The third kappa shape index (κ3) is 3.51. The van der Waals surface area contributed by atoms with Crippen molar-refractivity contribution in [2.75, 3.05) is 6.54 Å². The molecule has 0 atom stereocenters. The summed E-state index contributed by atoms with van der Waals surface area (Å²) >= 11 is 0. The second-order valence-electron chi connectivity index (χ2n) is 5.49. The third-order valence-electron chi connectivity index (χ3n) is 3.80. The Bertz CT molecular complexity index is 878. The number of hydrogen-bond acceptors (Lipinski definition) is 3. The van der Waals surface area contributed by atoms with Crippen molar-refractivity contribution in [1.29, 1.82) is 0 Å². The first-order valence-electron chi connectivity index (χ1n) is 7.52. The zero-order valence-corrected chi connectivity index (χ0v) is 12.9. The fourth-order valence-electron chi connectivity index (χ4n) is 2.52. The molecule has 0 bridgehead atoms. The van der Waals surface area contributed by atoms with E-state index >= 15 is 0 Å². The summed E-state index contributed by atoms with van der Waals surface area (Å²) in [5, 5.41) is 2.92. The van der Waals surface area contributed by atoms with Gasteiger partial charge in [0, 0.05) is 13.6 Å². The van der Waals surface area contributed by atoms with E-state index in [1.165, 1.54) is 4.57 Å². The van der Waals surface area contributed by atoms with Crippen LogP contribution in [0, 0.1) is 0 Å². The lowest BCUT2D eigenvalue weighted by Gasteiger charge is -2.06. The van der Waals surface area contributed by atoms with Crippen molar-refractivity contribution in [3.05, 3.63) is 70.2 Å². The molecular formula is C18H18N2O3. The zero-order chi connectivity index (χ0) is 16.2. The SMILES string of the molecule is Cn1c(=O)oc2ccc(CCNC(=O)Cc3ccccc3)cc21. The topological polar surface area (TPSA) is 64.2 Å². The molecule has 5 heteroatoms. The Morgan fingerprint density at radius 3 is 2.70 bits per heavy atom. The minimum absolute atomic E-state index is 0.00740. The molecule has 0 unspecified atom stereocenters. The Kier molecular flexibility index (Phi) is 4.28. The molecule has 0 spiro atoms. The van der Waals surface area contributed by atoms with Crippen LogP contribution in [0.1, 0.15) is 11.1 Å². The number of rotatable bonds is 5. The van der Waals surface area contributed by atoms with Crippen LogP contribution in [0.3, 0.4) is 0 Å². The first-order chi connectivity index (χ1) is 11.1. The lowest BCUT2D eigenvalue weighted by molar-refractivity contribution is -0.120. The van der Waals surface area contributed by atoms with Crippen molar-refractivity contribution >= 4 is 17.0 Å². The molecule has 1 N–H and O–H groups in total. The zero-order valence-electron chi connectivity index (χ0n) is 12.9. The summed E-state index contributed by atoms with van der Waals surface area (Å²) in [5.74, 6) is -0.360. The average molecular weight is 310 g/mol.